The molecule has 0 aromatic rings. The maximum absolute atomic E-state index is 4.45. The first kappa shape index (κ1) is 17.8. The standard InChI is InChI=1S/C11H24S5/c1-3-9(5-12)15-8-11(7-14)16-10(4-2)6-13/h9-14H,3-8H2,1-2H3. The quantitative estimate of drug-likeness (QED) is 0.518. The third kappa shape index (κ3) is 7.96. The largest absolute Gasteiger partial charge is 0.178 e. The zero-order valence-electron chi connectivity index (χ0n) is 10.1. The predicted octanol–water partition coefficient (Wildman–Crippen LogP) is 4.17. The lowest BCUT2D eigenvalue weighted by Crippen LogP contribution is -2.18. The molecule has 0 bridgehead atoms. The number of hydrogen-bond acceptors (Lipinski definition) is 5. The molecule has 0 fully saturated rings. The van der Waals surface area contributed by atoms with Crippen molar-refractivity contribution in [2.45, 2.75) is 42.4 Å². The van der Waals surface area contributed by atoms with E-state index in [1.165, 1.54) is 18.6 Å². The van der Waals surface area contributed by atoms with Gasteiger partial charge in [0.15, 0.2) is 0 Å². The summed E-state index contributed by atoms with van der Waals surface area (Å²) in [6.07, 6.45) is 2.41. The highest BCUT2D eigenvalue weighted by Crippen LogP contribution is 2.27. The van der Waals surface area contributed by atoms with Crippen LogP contribution in [0.4, 0.5) is 0 Å². The maximum Gasteiger partial charge on any atom is 0.0229 e. The van der Waals surface area contributed by atoms with Crippen LogP contribution in [0.25, 0.3) is 0 Å². The second-order valence-corrected chi connectivity index (χ2v) is 7.73. The summed E-state index contributed by atoms with van der Waals surface area (Å²) in [4.78, 5) is 0. The molecule has 98 valence electrons. The first-order valence-corrected chi connectivity index (χ1v) is 9.70. The Balaban J connectivity index is 3.90. The Kier molecular flexibility index (Phi) is 13.1. The van der Waals surface area contributed by atoms with Gasteiger partial charge in [-0.15, -0.1) is 0 Å². The summed E-state index contributed by atoms with van der Waals surface area (Å²) in [6.45, 7) is 4.47. The van der Waals surface area contributed by atoms with Gasteiger partial charge >= 0.3 is 0 Å². The molecule has 0 aliphatic rings. The lowest BCUT2D eigenvalue weighted by Gasteiger charge is -2.21. The minimum absolute atomic E-state index is 0.652. The molecular formula is C11H24S5. The Morgan fingerprint density at radius 2 is 1.31 bits per heavy atom. The van der Waals surface area contributed by atoms with Crippen molar-refractivity contribution < 1.29 is 0 Å². The van der Waals surface area contributed by atoms with Crippen molar-refractivity contribution >= 4 is 61.4 Å². The maximum atomic E-state index is 4.45. The SMILES string of the molecule is CCC(CS)SCC(CS)SC(CC)CS. The van der Waals surface area contributed by atoms with Crippen LogP contribution in [0.1, 0.15) is 26.7 Å². The molecule has 0 spiro atoms. The summed E-state index contributed by atoms with van der Waals surface area (Å²) in [6, 6.07) is 0. The molecule has 0 saturated heterocycles. The Bertz CT molecular complexity index is 145. The zero-order chi connectivity index (χ0) is 12.4. The molecule has 0 rings (SSSR count). The van der Waals surface area contributed by atoms with Gasteiger partial charge in [-0.3, -0.25) is 0 Å². The molecule has 0 aliphatic carbocycles. The van der Waals surface area contributed by atoms with Crippen LogP contribution >= 0.6 is 61.4 Å². The fourth-order valence-electron chi connectivity index (χ4n) is 1.22. The Hall–Kier alpha value is 1.75. The van der Waals surface area contributed by atoms with Gasteiger partial charge in [-0.05, 0) is 12.8 Å². The molecule has 0 N–H and O–H groups in total. The Labute approximate surface area is 126 Å². The summed E-state index contributed by atoms with van der Waals surface area (Å²) >= 11 is 17.3. The molecule has 0 aromatic heterocycles. The van der Waals surface area contributed by atoms with E-state index in [1.807, 2.05) is 11.8 Å². The van der Waals surface area contributed by atoms with Crippen molar-refractivity contribution in [1.29, 1.82) is 0 Å². The first-order valence-electron chi connectivity index (χ1n) is 5.81. The molecule has 0 nitrogen and oxygen atoms in total. The van der Waals surface area contributed by atoms with Crippen molar-refractivity contribution in [3.63, 3.8) is 0 Å². The number of hydrogen-bond donors (Lipinski definition) is 3. The normalized spacial score (nSPS) is 17.1. The first-order chi connectivity index (χ1) is 7.71. The van der Waals surface area contributed by atoms with Crippen LogP contribution in [-0.2, 0) is 0 Å². The van der Waals surface area contributed by atoms with Gasteiger partial charge in [-0.2, -0.15) is 61.4 Å². The predicted molar refractivity (Wildman–Crippen MR) is 93.6 cm³/mol. The zero-order valence-corrected chi connectivity index (χ0v) is 14.4. The van der Waals surface area contributed by atoms with E-state index in [0.29, 0.717) is 15.7 Å². The molecule has 0 heterocycles. The average Bonchev–Trinajstić information content (AvgIpc) is 2.34. The molecule has 0 radical (unpaired) electrons. The third-order valence-corrected chi connectivity index (χ3v) is 7.87. The summed E-state index contributed by atoms with van der Waals surface area (Å²) in [7, 11) is 0. The monoisotopic (exact) mass is 316 g/mol. The van der Waals surface area contributed by atoms with E-state index in [0.717, 1.165) is 17.3 Å². The molecule has 5 heteroatoms. The molecule has 0 saturated carbocycles. The van der Waals surface area contributed by atoms with E-state index in [1.54, 1.807) is 0 Å². The van der Waals surface area contributed by atoms with Crippen molar-refractivity contribution in [3.8, 4) is 0 Å². The molecule has 0 amide bonds. The lowest BCUT2D eigenvalue weighted by atomic mass is 10.4. The van der Waals surface area contributed by atoms with E-state index < -0.39 is 0 Å². The van der Waals surface area contributed by atoms with Gasteiger partial charge in [0, 0.05) is 38.8 Å². The van der Waals surface area contributed by atoms with Crippen LogP contribution in [0, 0.1) is 0 Å². The van der Waals surface area contributed by atoms with Gasteiger partial charge in [0.25, 0.3) is 0 Å². The summed E-state index contributed by atoms with van der Waals surface area (Å²) in [5.74, 6) is 4.11. The van der Waals surface area contributed by atoms with Crippen LogP contribution in [0.5, 0.6) is 0 Å². The highest BCUT2D eigenvalue weighted by molar-refractivity contribution is 8.05. The molecule has 0 aliphatic heterocycles. The van der Waals surface area contributed by atoms with E-state index in [2.05, 4.69) is 63.5 Å². The van der Waals surface area contributed by atoms with E-state index in [4.69, 9.17) is 0 Å². The smallest absolute Gasteiger partial charge is 0.0229 e. The number of thiol groups is 3. The summed E-state index contributed by atoms with van der Waals surface area (Å²) < 4.78 is 0. The lowest BCUT2D eigenvalue weighted by molar-refractivity contribution is 0.904. The van der Waals surface area contributed by atoms with Crippen molar-refractivity contribution in [2.75, 3.05) is 23.0 Å². The van der Waals surface area contributed by atoms with Crippen LogP contribution in [0.15, 0.2) is 0 Å². The van der Waals surface area contributed by atoms with E-state index in [9.17, 15) is 0 Å². The van der Waals surface area contributed by atoms with Gasteiger partial charge in [0.1, 0.15) is 0 Å². The molecule has 16 heavy (non-hydrogen) atoms. The van der Waals surface area contributed by atoms with Crippen LogP contribution in [0.3, 0.4) is 0 Å². The van der Waals surface area contributed by atoms with E-state index >= 15 is 0 Å². The highest BCUT2D eigenvalue weighted by Gasteiger charge is 2.15. The molecule has 3 unspecified atom stereocenters. The fraction of sp³-hybridized carbons (Fsp3) is 1.00. The third-order valence-electron chi connectivity index (χ3n) is 2.42. The van der Waals surface area contributed by atoms with Crippen LogP contribution < -0.4 is 0 Å². The van der Waals surface area contributed by atoms with Gasteiger partial charge in [-0.1, -0.05) is 13.8 Å². The van der Waals surface area contributed by atoms with Crippen molar-refractivity contribution in [3.05, 3.63) is 0 Å². The van der Waals surface area contributed by atoms with Gasteiger partial charge in [0.05, 0.1) is 0 Å². The molecular weight excluding hydrogens is 292 g/mol. The van der Waals surface area contributed by atoms with E-state index in [-0.39, 0.29) is 0 Å². The Morgan fingerprint density at radius 3 is 1.69 bits per heavy atom. The van der Waals surface area contributed by atoms with Gasteiger partial charge in [-0.25, -0.2) is 0 Å². The average molecular weight is 317 g/mol. The number of rotatable bonds is 10. The molecule has 3 atom stereocenters. The van der Waals surface area contributed by atoms with Crippen LogP contribution in [-0.4, -0.2) is 38.8 Å². The topological polar surface area (TPSA) is 0 Å². The Morgan fingerprint density at radius 1 is 0.812 bits per heavy atom. The summed E-state index contributed by atoms with van der Waals surface area (Å²) in [5, 5.41) is 2.03. The van der Waals surface area contributed by atoms with Gasteiger partial charge in [0.2, 0.25) is 0 Å². The van der Waals surface area contributed by atoms with Crippen molar-refractivity contribution in [2.24, 2.45) is 0 Å². The minimum Gasteiger partial charge on any atom is -0.178 e. The van der Waals surface area contributed by atoms with Crippen molar-refractivity contribution in [1.82, 2.24) is 0 Å². The van der Waals surface area contributed by atoms with Gasteiger partial charge < -0.3 is 0 Å². The highest BCUT2D eigenvalue weighted by atomic mass is 32.2. The second-order valence-electron chi connectivity index (χ2n) is 3.70. The second kappa shape index (κ2) is 11.8. The minimum atomic E-state index is 0.652. The fourth-order valence-corrected chi connectivity index (χ4v) is 5.28. The number of thioether (sulfide) groups is 2. The molecule has 0 aromatic carbocycles. The van der Waals surface area contributed by atoms with Crippen LogP contribution in [0.2, 0.25) is 0 Å². The summed E-state index contributed by atoms with van der Waals surface area (Å²) in [5.41, 5.74) is 0.